The number of aliphatic hydroxyl groups excluding tert-OH is 1. The first-order valence-corrected chi connectivity index (χ1v) is 7.67. The van der Waals surface area contributed by atoms with E-state index < -0.39 is 6.10 Å². The Morgan fingerprint density at radius 3 is 2.95 bits per heavy atom. The van der Waals surface area contributed by atoms with Crippen LogP contribution in [0.15, 0.2) is 35.1 Å². The summed E-state index contributed by atoms with van der Waals surface area (Å²) in [5.41, 5.74) is 1.29. The van der Waals surface area contributed by atoms with E-state index in [9.17, 15) is 14.7 Å². The molecule has 1 fully saturated rings. The number of ketones is 1. The molecule has 0 saturated carbocycles. The van der Waals surface area contributed by atoms with Crippen molar-refractivity contribution >= 4 is 16.7 Å². The maximum Gasteiger partial charge on any atom is 0.189 e. The van der Waals surface area contributed by atoms with Crippen LogP contribution < -0.4 is 10.7 Å². The van der Waals surface area contributed by atoms with Crippen LogP contribution in [0.5, 0.6) is 0 Å². The zero-order valence-electron chi connectivity index (χ0n) is 12.3. The van der Waals surface area contributed by atoms with Crippen molar-refractivity contribution < 1.29 is 9.90 Å². The quantitative estimate of drug-likeness (QED) is 0.791. The molecule has 0 amide bonds. The van der Waals surface area contributed by atoms with Gasteiger partial charge in [0.05, 0.1) is 6.10 Å². The highest BCUT2D eigenvalue weighted by Gasteiger charge is 2.24. The summed E-state index contributed by atoms with van der Waals surface area (Å²) >= 11 is 0. The molecule has 0 bridgehead atoms. The number of rotatable bonds is 4. The summed E-state index contributed by atoms with van der Waals surface area (Å²) in [4.78, 5) is 27.4. The highest BCUT2D eigenvalue weighted by molar-refractivity contribution is 5.83. The fourth-order valence-corrected chi connectivity index (χ4v) is 3.02. The molecule has 1 saturated heterocycles. The van der Waals surface area contributed by atoms with Gasteiger partial charge in [0.15, 0.2) is 5.43 Å². The lowest BCUT2D eigenvalue weighted by molar-refractivity contribution is -0.119. The largest absolute Gasteiger partial charge is 0.391 e. The molecule has 1 aromatic carbocycles. The first-order chi connectivity index (χ1) is 10.6. The number of hydrogen-bond donors (Lipinski definition) is 3. The van der Waals surface area contributed by atoms with Crippen LogP contribution in [0.3, 0.4) is 0 Å². The predicted octanol–water partition coefficient (Wildman–Crippen LogP) is 1.14. The number of aliphatic hydroxyl groups is 1. The monoisotopic (exact) mass is 300 g/mol. The summed E-state index contributed by atoms with van der Waals surface area (Å²) in [5.74, 6) is 0.0179. The molecule has 2 aromatic rings. The minimum absolute atomic E-state index is 0.0179. The Hall–Kier alpha value is -1.98. The normalized spacial score (nSPS) is 21.9. The van der Waals surface area contributed by atoms with Crippen molar-refractivity contribution in [1.82, 2.24) is 10.3 Å². The maximum atomic E-state index is 12.2. The van der Waals surface area contributed by atoms with E-state index in [1.807, 2.05) is 18.2 Å². The van der Waals surface area contributed by atoms with Crippen molar-refractivity contribution in [3.63, 3.8) is 0 Å². The van der Waals surface area contributed by atoms with E-state index in [0.717, 1.165) is 24.9 Å². The van der Waals surface area contributed by atoms with Gasteiger partial charge in [-0.25, -0.2) is 0 Å². The second-order valence-corrected chi connectivity index (χ2v) is 5.89. The molecule has 22 heavy (non-hydrogen) atoms. The van der Waals surface area contributed by atoms with Crippen LogP contribution >= 0.6 is 0 Å². The highest BCUT2D eigenvalue weighted by atomic mass is 16.3. The number of Topliss-reactive ketones (excluding diaryl/α,β-unsaturated/α-hetero) is 1. The van der Waals surface area contributed by atoms with E-state index in [-0.39, 0.29) is 30.1 Å². The number of benzene rings is 1. The zero-order chi connectivity index (χ0) is 15.5. The molecule has 3 rings (SSSR count). The molecular formula is C17H20N2O3. The molecule has 116 valence electrons. The molecule has 0 radical (unpaired) electrons. The average molecular weight is 300 g/mol. The molecule has 1 aromatic heterocycles. The van der Waals surface area contributed by atoms with Crippen molar-refractivity contribution in [3.8, 4) is 0 Å². The fourth-order valence-electron chi connectivity index (χ4n) is 3.02. The van der Waals surface area contributed by atoms with Gasteiger partial charge < -0.3 is 15.4 Å². The number of aromatic nitrogens is 1. The Kier molecular flexibility index (Phi) is 4.36. The molecule has 2 atom stereocenters. The number of para-hydroxylation sites is 1. The van der Waals surface area contributed by atoms with Gasteiger partial charge in [-0.2, -0.15) is 0 Å². The van der Waals surface area contributed by atoms with E-state index in [0.29, 0.717) is 11.1 Å². The van der Waals surface area contributed by atoms with Crippen LogP contribution in [0.25, 0.3) is 10.9 Å². The van der Waals surface area contributed by atoms with Gasteiger partial charge in [-0.1, -0.05) is 12.1 Å². The number of hydrogen-bond acceptors (Lipinski definition) is 4. The second kappa shape index (κ2) is 6.42. The molecule has 1 aliphatic rings. The Morgan fingerprint density at radius 2 is 2.14 bits per heavy atom. The van der Waals surface area contributed by atoms with Gasteiger partial charge in [0, 0.05) is 41.5 Å². The summed E-state index contributed by atoms with van der Waals surface area (Å²) < 4.78 is 0. The Morgan fingerprint density at radius 1 is 1.32 bits per heavy atom. The second-order valence-electron chi connectivity index (χ2n) is 5.89. The topological polar surface area (TPSA) is 82.2 Å². The number of nitrogens with one attached hydrogen (secondary N) is 2. The predicted molar refractivity (Wildman–Crippen MR) is 84.9 cm³/mol. The molecule has 3 N–H and O–H groups in total. The third-order valence-electron chi connectivity index (χ3n) is 4.18. The van der Waals surface area contributed by atoms with Gasteiger partial charge in [0.1, 0.15) is 5.78 Å². The average Bonchev–Trinajstić information content (AvgIpc) is 2.49. The smallest absolute Gasteiger partial charge is 0.189 e. The number of fused-ring (bicyclic) bond motifs is 1. The summed E-state index contributed by atoms with van der Waals surface area (Å²) in [6.07, 6.45) is 1.68. The number of pyridine rings is 1. The minimum atomic E-state index is -0.464. The highest BCUT2D eigenvalue weighted by Crippen LogP contribution is 2.13. The van der Waals surface area contributed by atoms with E-state index in [1.54, 1.807) is 6.07 Å². The first-order valence-electron chi connectivity index (χ1n) is 7.67. The molecular weight excluding hydrogens is 280 g/mol. The lowest BCUT2D eigenvalue weighted by Gasteiger charge is -2.28. The van der Waals surface area contributed by atoms with Crippen LogP contribution in [-0.2, 0) is 11.2 Å². The third-order valence-corrected chi connectivity index (χ3v) is 4.18. The molecule has 0 unspecified atom stereocenters. The zero-order valence-corrected chi connectivity index (χ0v) is 12.3. The van der Waals surface area contributed by atoms with Crippen LogP contribution in [0.4, 0.5) is 0 Å². The number of H-pyrrole nitrogens is 1. The van der Waals surface area contributed by atoms with E-state index in [1.165, 1.54) is 6.07 Å². The number of piperidine rings is 1. The summed E-state index contributed by atoms with van der Waals surface area (Å²) in [6, 6.07) is 8.59. The number of aromatic amines is 1. The van der Waals surface area contributed by atoms with Gasteiger partial charge in [-0.05, 0) is 31.5 Å². The molecule has 0 spiro atoms. The van der Waals surface area contributed by atoms with Crippen molar-refractivity contribution in [2.24, 2.45) is 0 Å². The lowest BCUT2D eigenvalue weighted by atomic mass is 9.95. The Bertz CT molecular complexity index is 738. The molecule has 5 nitrogen and oxygen atoms in total. The minimum Gasteiger partial charge on any atom is -0.391 e. The Balaban J connectivity index is 1.72. The maximum absolute atomic E-state index is 12.2. The fraction of sp³-hybridized carbons (Fsp3) is 0.412. The van der Waals surface area contributed by atoms with Gasteiger partial charge >= 0.3 is 0 Å². The first kappa shape index (κ1) is 14.9. The standard InChI is InChI=1S/C17H20N2O3/c20-12(10-15-16(21)6-3-7-18-15)8-11-9-17(22)13-4-1-2-5-14(13)19-11/h1-2,4-5,9,15-16,18,21H,3,6-8,10H2,(H,19,22)/t15-,16+/m1/s1. The van der Waals surface area contributed by atoms with Gasteiger partial charge in [-0.15, -0.1) is 0 Å². The molecule has 5 heteroatoms. The van der Waals surface area contributed by atoms with Crippen LogP contribution in [0.2, 0.25) is 0 Å². The van der Waals surface area contributed by atoms with Crippen LogP contribution in [0.1, 0.15) is 25.0 Å². The lowest BCUT2D eigenvalue weighted by Crippen LogP contribution is -2.46. The van der Waals surface area contributed by atoms with Crippen molar-refractivity contribution in [2.45, 2.75) is 37.8 Å². The number of carbonyl (C=O) groups excluding carboxylic acids is 1. The summed E-state index contributed by atoms with van der Waals surface area (Å²) in [6.45, 7) is 0.835. The van der Waals surface area contributed by atoms with E-state index >= 15 is 0 Å². The van der Waals surface area contributed by atoms with E-state index in [4.69, 9.17) is 0 Å². The third kappa shape index (κ3) is 3.26. The number of carbonyl (C=O) groups is 1. The van der Waals surface area contributed by atoms with Crippen molar-refractivity contribution in [2.75, 3.05) is 6.54 Å². The molecule has 0 aliphatic carbocycles. The molecule has 2 heterocycles. The summed E-state index contributed by atoms with van der Waals surface area (Å²) in [7, 11) is 0. The van der Waals surface area contributed by atoms with E-state index in [2.05, 4.69) is 10.3 Å². The molecule has 1 aliphatic heterocycles. The van der Waals surface area contributed by atoms with Gasteiger partial charge in [0.25, 0.3) is 0 Å². The van der Waals surface area contributed by atoms with Crippen LogP contribution in [0, 0.1) is 0 Å². The summed E-state index contributed by atoms with van der Waals surface area (Å²) in [5, 5.41) is 13.7. The van der Waals surface area contributed by atoms with Gasteiger partial charge in [0.2, 0.25) is 0 Å². The van der Waals surface area contributed by atoms with Crippen LogP contribution in [-0.4, -0.2) is 34.6 Å². The Labute approximate surface area is 128 Å². The van der Waals surface area contributed by atoms with Crippen molar-refractivity contribution in [1.29, 1.82) is 0 Å². The van der Waals surface area contributed by atoms with Gasteiger partial charge in [-0.3, -0.25) is 9.59 Å². The van der Waals surface area contributed by atoms with Crippen molar-refractivity contribution in [3.05, 3.63) is 46.2 Å². The SMILES string of the molecule is O=C(Cc1cc(=O)c2ccccc2[nH]1)C[C@H]1NCCC[C@@H]1O.